The number of carbonyl (C=O) groups excluding carboxylic acids is 1. The number of hydrogen-bond donors (Lipinski definition) is 3. The van der Waals surface area contributed by atoms with E-state index in [0.29, 0.717) is 44.6 Å². The molecule has 10 nitrogen and oxygen atoms in total. The van der Waals surface area contributed by atoms with Crippen LogP contribution >= 0.6 is 11.6 Å². The van der Waals surface area contributed by atoms with Crippen LogP contribution in [0.1, 0.15) is 28.5 Å². The number of aryl methyl sites for hydroxylation is 1. The van der Waals surface area contributed by atoms with E-state index in [1.807, 2.05) is 19.1 Å². The molecule has 2 aliphatic rings. The predicted molar refractivity (Wildman–Crippen MR) is 174 cm³/mol. The summed E-state index contributed by atoms with van der Waals surface area (Å²) in [5, 5.41) is 25.6. The van der Waals surface area contributed by atoms with E-state index in [0.717, 1.165) is 11.1 Å². The molecule has 0 saturated carbocycles. The van der Waals surface area contributed by atoms with Gasteiger partial charge in [0.15, 0.2) is 6.61 Å². The Labute approximate surface area is 267 Å². The molecule has 0 fully saturated rings. The SMILES string of the molecule is CCOC(=O)COc1cc(NCc2c(O)ccc3c(-c4ccccc4C(=O)O)c4cc(Cl)c(=O)cc-4oc23)c2nc(C)ccc2c1. The minimum absolute atomic E-state index is 0.0298. The number of halogens is 1. The number of aromatic carboxylic acids is 1. The number of fused-ring (bicyclic) bond motifs is 3. The summed E-state index contributed by atoms with van der Waals surface area (Å²) < 4.78 is 16.9. The fourth-order valence-corrected chi connectivity index (χ4v) is 5.56. The van der Waals surface area contributed by atoms with Crippen molar-refractivity contribution in [1.82, 2.24) is 4.98 Å². The van der Waals surface area contributed by atoms with Crippen molar-refractivity contribution in [2.45, 2.75) is 20.4 Å². The predicted octanol–water partition coefficient (Wildman–Crippen LogP) is 7.03. The van der Waals surface area contributed by atoms with Gasteiger partial charge in [0.1, 0.15) is 22.8 Å². The van der Waals surface area contributed by atoms with Gasteiger partial charge in [-0.2, -0.15) is 0 Å². The molecule has 4 aromatic rings. The lowest BCUT2D eigenvalue weighted by atomic mass is 9.90. The van der Waals surface area contributed by atoms with Gasteiger partial charge in [-0.15, -0.1) is 0 Å². The van der Waals surface area contributed by atoms with E-state index >= 15 is 0 Å². The molecule has 232 valence electrons. The number of nitrogens with one attached hydrogen (secondary N) is 1. The number of phenols is 1. The molecule has 0 amide bonds. The first kappa shape index (κ1) is 30.4. The number of aromatic nitrogens is 1. The van der Waals surface area contributed by atoms with Crippen molar-refractivity contribution in [3.8, 4) is 33.9 Å². The number of pyridine rings is 1. The van der Waals surface area contributed by atoms with Crippen molar-refractivity contribution in [2.24, 2.45) is 0 Å². The summed E-state index contributed by atoms with van der Waals surface area (Å²) in [6.07, 6.45) is 0. The Balaban J connectivity index is 1.51. The number of rotatable bonds is 9. The van der Waals surface area contributed by atoms with E-state index in [4.69, 9.17) is 25.5 Å². The molecule has 3 aromatic carbocycles. The number of esters is 1. The fourth-order valence-electron chi connectivity index (χ4n) is 5.40. The molecule has 1 aromatic heterocycles. The second-order valence-electron chi connectivity index (χ2n) is 10.5. The first-order valence-electron chi connectivity index (χ1n) is 14.3. The second-order valence-corrected chi connectivity index (χ2v) is 10.9. The molecule has 2 heterocycles. The number of nitrogens with zero attached hydrogens (tertiary/aromatic N) is 1. The minimum atomic E-state index is -1.13. The van der Waals surface area contributed by atoms with Gasteiger partial charge < -0.3 is 29.4 Å². The van der Waals surface area contributed by atoms with Crippen LogP contribution in [-0.4, -0.2) is 40.3 Å². The zero-order valence-electron chi connectivity index (χ0n) is 24.7. The summed E-state index contributed by atoms with van der Waals surface area (Å²) in [6.45, 7) is 3.56. The number of carboxylic acid groups (broad SMARTS) is 1. The van der Waals surface area contributed by atoms with Crippen LogP contribution in [0.2, 0.25) is 5.02 Å². The summed E-state index contributed by atoms with van der Waals surface area (Å²) in [5.41, 5.74) is 3.42. The summed E-state index contributed by atoms with van der Waals surface area (Å²) in [6, 6.07) is 19.5. The summed E-state index contributed by atoms with van der Waals surface area (Å²) in [5.74, 6) is -1.17. The van der Waals surface area contributed by atoms with E-state index in [2.05, 4.69) is 10.3 Å². The van der Waals surface area contributed by atoms with Crippen LogP contribution in [0.25, 0.3) is 44.3 Å². The molecule has 0 atom stereocenters. The van der Waals surface area contributed by atoms with Crippen molar-refractivity contribution < 1.29 is 33.7 Å². The molecule has 0 spiro atoms. The molecule has 0 unspecified atom stereocenters. The number of carbonyl (C=O) groups is 2. The maximum atomic E-state index is 12.6. The highest BCUT2D eigenvalue weighted by atomic mass is 35.5. The highest BCUT2D eigenvalue weighted by Crippen LogP contribution is 2.44. The maximum absolute atomic E-state index is 12.6. The number of anilines is 1. The third kappa shape index (κ3) is 5.78. The van der Waals surface area contributed by atoms with Crippen LogP contribution in [0, 0.1) is 6.92 Å². The van der Waals surface area contributed by atoms with Crippen molar-refractivity contribution in [2.75, 3.05) is 18.5 Å². The molecule has 0 radical (unpaired) electrons. The van der Waals surface area contributed by atoms with Gasteiger partial charge in [0.25, 0.3) is 0 Å². The average Bonchev–Trinajstić information content (AvgIpc) is 3.03. The Kier molecular flexibility index (Phi) is 8.21. The van der Waals surface area contributed by atoms with Crippen LogP contribution in [0.3, 0.4) is 0 Å². The van der Waals surface area contributed by atoms with Crippen LogP contribution in [0.5, 0.6) is 11.5 Å². The number of hydrogen-bond acceptors (Lipinski definition) is 9. The largest absolute Gasteiger partial charge is 0.507 e. The minimum Gasteiger partial charge on any atom is -0.507 e. The summed E-state index contributed by atoms with van der Waals surface area (Å²) in [7, 11) is 0. The monoisotopic (exact) mass is 638 g/mol. The second kappa shape index (κ2) is 12.4. The normalized spacial score (nSPS) is 11.2. The summed E-state index contributed by atoms with van der Waals surface area (Å²) in [4.78, 5) is 41.4. The molecule has 0 saturated heterocycles. The number of benzene rings is 4. The Morgan fingerprint density at radius 3 is 2.61 bits per heavy atom. The van der Waals surface area contributed by atoms with Crippen molar-refractivity contribution in [3.05, 3.63) is 105 Å². The molecule has 6 rings (SSSR count). The van der Waals surface area contributed by atoms with Crippen LogP contribution in [0.15, 0.2) is 82.0 Å². The topological polar surface area (TPSA) is 148 Å². The van der Waals surface area contributed by atoms with Crippen molar-refractivity contribution in [1.29, 1.82) is 0 Å². The molecule has 1 aliphatic heterocycles. The smallest absolute Gasteiger partial charge is 0.344 e. The Hall–Kier alpha value is -5.61. The van der Waals surface area contributed by atoms with Crippen LogP contribution < -0.4 is 15.5 Å². The quantitative estimate of drug-likeness (QED) is 0.111. The lowest BCUT2D eigenvalue weighted by Gasteiger charge is -2.19. The van der Waals surface area contributed by atoms with Crippen molar-refractivity contribution >= 4 is 51.1 Å². The van der Waals surface area contributed by atoms with E-state index in [1.165, 1.54) is 24.3 Å². The number of carboxylic acids is 1. The van der Waals surface area contributed by atoms with Gasteiger partial charge in [-0.1, -0.05) is 35.9 Å². The molecule has 1 aliphatic carbocycles. The number of aromatic hydroxyl groups is 1. The third-order valence-electron chi connectivity index (χ3n) is 7.47. The van der Waals surface area contributed by atoms with Gasteiger partial charge in [-0.25, -0.2) is 9.59 Å². The van der Waals surface area contributed by atoms with E-state index in [1.54, 1.807) is 43.3 Å². The first-order valence-corrected chi connectivity index (χ1v) is 14.7. The Morgan fingerprint density at radius 1 is 1.02 bits per heavy atom. The molecule has 3 N–H and O–H groups in total. The highest BCUT2D eigenvalue weighted by Gasteiger charge is 2.25. The highest BCUT2D eigenvalue weighted by molar-refractivity contribution is 6.31. The molecule has 46 heavy (non-hydrogen) atoms. The zero-order valence-corrected chi connectivity index (χ0v) is 25.5. The van der Waals surface area contributed by atoms with Gasteiger partial charge in [0, 0.05) is 46.3 Å². The third-order valence-corrected chi connectivity index (χ3v) is 7.77. The molecular weight excluding hydrogens is 612 g/mol. The van der Waals surface area contributed by atoms with Gasteiger partial charge in [0.05, 0.1) is 34.0 Å². The number of phenolic OH excluding ortho intramolecular Hbond substituents is 1. The van der Waals surface area contributed by atoms with Gasteiger partial charge in [-0.3, -0.25) is 9.78 Å². The van der Waals surface area contributed by atoms with E-state index in [-0.39, 0.29) is 47.4 Å². The van der Waals surface area contributed by atoms with Crippen molar-refractivity contribution in [3.63, 3.8) is 0 Å². The zero-order chi connectivity index (χ0) is 32.5. The van der Waals surface area contributed by atoms with E-state index in [9.17, 15) is 24.6 Å². The van der Waals surface area contributed by atoms with Gasteiger partial charge in [0.2, 0.25) is 5.43 Å². The van der Waals surface area contributed by atoms with Gasteiger partial charge >= 0.3 is 11.9 Å². The maximum Gasteiger partial charge on any atom is 0.344 e. The first-order chi connectivity index (χ1) is 22.1. The molecule has 0 bridgehead atoms. The number of ether oxygens (including phenoxy) is 2. The lowest BCUT2D eigenvalue weighted by molar-refractivity contribution is -0.145. The Bertz CT molecular complexity index is 2190. The van der Waals surface area contributed by atoms with Crippen LogP contribution in [-0.2, 0) is 16.1 Å². The molecule has 11 heteroatoms. The fraction of sp³-hybridized carbons (Fsp3) is 0.143. The average molecular weight is 639 g/mol. The van der Waals surface area contributed by atoms with Gasteiger partial charge in [-0.05, 0) is 55.8 Å². The lowest BCUT2D eigenvalue weighted by Crippen LogP contribution is -2.14. The van der Waals surface area contributed by atoms with Crippen LogP contribution in [0.4, 0.5) is 5.69 Å². The summed E-state index contributed by atoms with van der Waals surface area (Å²) >= 11 is 6.24. The standard InChI is InChI=1S/C35H27ClN2O8/c1-3-44-31(41)17-45-20-12-19-9-8-18(2)38-33(19)27(13-20)37-16-25-28(39)11-10-23-32(21-6-4-5-7-22(21)35(42)43)24-14-26(36)29(40)15-30(24)46-34(23)25/h4-15,37,39H,3,16-17H2,1-2H3,(H,42,43). The van der Waals surface area contributed by atoms with E-state index < -0.39 is 17.4 Å². The molecular formula is C35H27ClN2O8. The Morgan fingerprint density at radius 2 is 1.83 bits per heavy atom.